The SMILES string of the molecule is Cn1c(SCc2c(F)cccc2Cl)nnc1[C@H]1COc2ccccc2O1. The van der Waals surface area contributed by atoms with Crippen LogP contribution in [0.1, 0.15) is 17.5 Å². The van der Waals surface area contributed by atoms with Crippen LogP contribution in [-0.4, -0.2) is 21.4 Å². The van der Waals surface area contributed by atoms with E-state index < -0.39 is 0 Å². The quantitative estimate of drug-likeness (QED) is 0.616. The van der Waals surface area contributed by atoms with Crippen molar-refractivity contribution in [2.75, 3.05) is 6.61 Å². The van der Waals surface area contributed by atoms with Gasteiger partial charge in [0.15, 0.2) is 28.6 Å². The number of aromatic nitrogens is 3. The average molecular weight is 392 g/mol. The fraction of sp³-hybridized carbons (Fsp3) is 0.222. The molecule has 0 unspecified atom stereocenters. The molecular weight excluding hydrogens is 377 g/mol. The summed E-state index contributed by atoms with van der Waals surface area (Å²) >= 11 is 7.45. The zero-order valence-electron chi connectivity index (χ0n) is 13.9. The minimum Gasteiger partial charge on any atom is -0.485 e. The van der Waals surface area contributed by atoms with Crippen molar-refractivity contribution in [2.24, 2.45) is 7.05 Å². The summed E-state index contributed by atoms with van der Waals surface area (Å²) in [6.07, 6.45) is -0.353. The Kier molecular flexibility index (Phi) is 4.74. The van der Waals surface area contributed by atoms with Gasteiger partial charge in [-0.1, -0.05) is 41.6 Å². The average Bonchev–Trinajstić information content (AvgIpc) is 3.01. The summed E-state index contributed by atoms with van der Waals surface area (Å²) in [5, 5.41) is 9.48. The number of ether oxygens (including phenoxy) is 2. The van der Waals surface area contributed by atoms with Gasteiger partial charge in [0.25, 0.3) is 0 Å². The highest BCUT2D eigenvalue weighted by atomic mass is 35.5. The van der Waals surface area contributed by atoms with E-state index in [1.807, 2.05) is 35.9 Å². The van der Waals surface area contributed by atoms with Gasteiger partial charge in [0.1, 0.15) is 12.4 Å². The van der Waals surface area contributed by atoms with E-state index in [0.29, 0.717) is 39.7 Å². The first-order chi connectivity index (χ1) is 12.6. The summed E-state index contributed by atoms with van der Waals surface area (Å²) in [6.45, 7) is 0.354. The molecule has 134 valence electrons. The van der Waals surface area contributed by atoms with Gasteiger partial charge in [0.05, 0.1) is 0 Å². The second-order valence-corrected chi connectivity index (χ2v) is 7.10. The minimum atomic E-state index is -0.353. The highest BCUT2D eigenvalue weighted by molar-refractivity contribution is 7.98. The molecule has 0 spiro atoms. The molecule has 2 heterocycles. The van der Waals surface area contributed by atoms with Crippen molar-refractivity contribution < 1.29 is 13.9 Å². The molecule has 5 nitrogen and oxygen atoms in total. The molecule has 0 saturated heterocycles. The van der Waals surface area contributed by atoms with Crippen molar-refractivity contribution in [3.8, 4) is 11.5 Å². The first-order valence-electron chi connectivity index (χ1n) is 7.97. The lowest BCUT2D eigenvalue weighted by Gasteiger charge is -2.25. The van der Waals surface area contributed by atoms with E-state index in [1.165, 1.54) is 17.8 Å². The topological polar surface area (TPSA) is 49.2 Å². The predicted molar refractivity (Wildman–Crippen MR) is 97.3 cm³/mol. The fourth-order valence-electron chi connectivity index (χ4n) is 2.69. The highest BCUT2D eigenvalue weighted by Gasteiger charge is 2.27. The standard InChI is InChI=1S/C18H15ClFN3O2S/c1-23-17(16-9-24-14-7-2-3-8-15(14)25-16)21-22-18(23)26-10-11-12(19)5-4-6-13(11)20/h2-8,16H,9-10H2,1H3/t16-/m1/s1. The molecule has 0 amide bonds. The lowest BCUT2D eigenvalue weighted by molar-refractivity contribution is 0.0825. The number of halogens is 2. The van der Waals surface area contributed by atoms with Gasteiger partial charge in [-0.25, -0.2) is 4.39 Å². The number of benzene rings is 2. The molecule has 26 heavy (non-hydrogen) atoms. The number of thioether (sulfide) groups is 1. The van der Waals surface area contributed by atoms with Crippen molar-refractivity contribution in [1.82, 2.24) is 14.8 Å². The summed E-state index contributed by atoms with van der Waals surface area (Å²) < 4.78 is 27.5. The van der Waals surface area contributed by atoms with Crippen LogP contribution in [0.3, 0.4) is 0 Å². The van der Waals surface area contributed by atoms with Gasteiger partial charge in [-0.3, -0.25) is 0 Å². The molecular formula is C18H15ClFN3O2S. The molecule has 0 radical (unpaired) electrons. The Balaban J connectivity index is 1.50. The summed E-state index contributed by atoms with van der Waals surface area (Å²) in [6, 6.07) is 12.2. The van der Waals surface area contributed by atoms with Gasteiger partial charge in [0, 0.05) is 23.4 Å². The van der Waals surface area contributed by atoms with Gasteiger partial charge in [-0.2, -0.15) is 0 Å². The zero-order valence-corrected chi connectivity index (χ0v) is 15.4. The third-order valence-electron chi connectivity index (χ3n) is 4.07. The van der Waals surface area contributed by atoms with Crippen molar-refractivity contribution in [2.45, 2.75) is 17.0 Å². The van der Waals surface area contributed by atoms with Crippen molar-refractivity contribution in [1.29, 1.82) is 0 Å². The van der Waals surface area contributed by atoms with Crippen LogP contribution in [-0.2, 0) is 12.8 Å². The Morgan fingerprint density at radius 1 is 1.19 bits per heavy atom. The van der Waals surface area contributed by atoms with Gasteiger partial charge in [-0.15, -0.1) is 10.2 Å². The summed E-state index contributed by atoms with van der Waals surface area (Å²) in [4.78, 5) is 0. The maximum absolute atomic E-state index is 13.9. The molecule has 1 aliphatic heterocycles. The Bertz CT molecular complexity index is 930. The highest BCUT2D eigenvalue weighted by Crippen LogP contribution is 2.36. The van der Waals surface area contributed by atoms with E-state index in [0.717, 1.165) is 5.75 Å². The molecule has 1 aromatic heterocycles. The Hall–Kier alpha value is -2.25. The van der Waals surface area contributed by atoms with Crippen LogP contribution in [0.4, 0.5) is 4.39 Å². The zero-order chi connectivity index (χ0) is 18.1. The van der Waals surface area contributed by atoms with E-state index in [2.05, 4.69) is 10.2 Å². The van der Waals surface area contributed by atoms with E-state index >= 15 is 0 Å². The van der Waals surface area contributed by atoms with Gasteiger partial charge < -0.3 is 14.0 Å². The van der Waals surface area contributed by atoms with Gasteiger partial charge in [0.2, 0.25) is 0 Å². The van der Waals surface area contributed by atoms with Crippen LogP contribution in [0.25, 0.3) is 0 Å². The molecule has 0 aliphatic carbocycles. The lowest BCUT2D eigenvalue weighted by Crippen LogP contribution is -2.24. The molecule has 0 bridgehead atoms. The maximum Gasteiger partial charge on any atom is 0.192 e. The first kappa shape index (κ1) is 17.2. The monoisotopic (exact) mass is 391 g/mol. The second-order valence-electron chi connectivity index (χ2n) is 5.75. The van der Waals surface area contributed by atoms with E-state index in [4.69, 9.17) is 21.1 Å². The van der Waals surface area contributed by atoms with Gasteiger partial charge in [-0.05, 0) is 24.3 Å². The molecule has 0 fully saturated rings. The number of fused-ring (bicyclic) bond motifs is 1. The minimum absolute atomic E-state index is 0.326. The molecule has 0 N–H and O–H groups in total. The Morgan fingerprint density at radius 3 is 2.81 bits per heavy atom. The van der Waals surface area contributed by atoms with Crippen LogP contribution < -0.4 is 9.47 Å². The van der Waals surface area contributed by atoms with Gasteiger partial charge >= 0.3 is 0 Å². The third-order valence-corrected chi connectivity index (χ3v) is 5.47. The number of para-hydroxylation sites is 2. The number of nitrogens with zero attached hydrogens (tertiary/aromatic N) is 3. The second kappa shape index (κ2) is 7.17. The van der Waals surface area contributed by atoms with Crippen LogP contribution in [0.2, 0.25) is 5.02 Å². The maximum atomic E-state index is 13.9. The molecule has 0 saturated carbocycles. The van der Waals surface area contributed by atoms with Crippen molar-refractivity contribution in [3.05, 3.63) is 64.7 Å². The third kappa shape index (κ3) is 3.24. The first-order valence-corrected chi connectivity index (χ1v) is 9.33. The van der Waals surface area contributed by atoms with Crippen LogP contribution in [0.15, 0.2) is 47.6 Å². The number of hydrogen-bond acceptors (Lipinski definition) is 5. The predicted octanol–water partition coefficient (Wildman–Crippen LogP) is 4.41. The van der Waals surface area contributed by atoms with Crippen LogP contribution in [0.5, 0.6) is 11.5 Å². The molecule has 1 atom stereocenters. The van der Waals surface area contributed by atoms with Crippen molar-refractivity contribution >= 4 is 23.4 Å². The van der Waals surface area contributed by atoms with Crippen molar-refractivity contribution in [3.63, 3.8) is 0 Å². The molecule has 4 rings (SSSR count). The summed E-state index contributed by atoms with van der Waals surface area (Å²) in [5.41, 5.74) is 0.454. The Labute approximate surface area is 159 Å². The summed E-state index contributed by atoms with van der Waals surface area (Å²) in [7, 11) is 1.85. The fourth-order valence-corrected chi connectivity index (χ4v) is 3.95. The van der Waals surface area contributed by atoms with E-state index in [9.17, 15) is 4.39 Å². The normalized spacial score (nSPS) is 15.9. The molecule has 1 aliphatic rings. The lowest BCUT2D eigenvalue weighted by atomic mass is 10.2. The molecule has 3 aromatic rings. The smallest absolute Gasteiger partial charge is 0.192 e. The van der Waals surface area contributed by atoms with Crippen LogP contribution >= 0.6 is 23.4 Å². The van der Waals surface area contributed by atoms with E-state index in [1.54, 1.807) is 12.1 Å². The van der Waals surface area contributed by atoms with Crippen LogP contribution in [0, 0.1) is 5.82 Å². The molecule has 2 aromatic carbocycles. The number of rotatable bonds is 4. The number of hydrogen-bond donors (Lipinski definition) is 0. The summed E-state index contributed by atoms with van der Waals surface area (Å²) in [5.74, 6) is 2.09. The Morgan fingerprint density at radius 2 is 2.00 bits per heavy atom. The largest absolute Gasteiger partial charge is 0.485 e. The molecule has 8 heteroatoms. The van der Waals surface area contributed by atoms with E-state index in [-0.39, 0.29) is 11.9 Å².